The van der Waals surface area contributed by atoms with Crippen molar-refractivity contribution >= 4 is 5.69 Å². The Hall–Kier alpha value is -1.24. The Balaban J connectivity index is 2.54. The van der Waals surface area contributed by atoms with Crippen LogP contribution in [0.15, 0.2) is 24.4 Å². The normalized spacial score (nSPS) is 14.5. The Morgan fingerprint density at radius 2 is 2.00 bits per heavy atom. The smallest absolute Gasteiger partial charge is 0.0418 e. The molecule has 0 aromatic heterocycles. The van der Waals surface area contributed by atoms with Crippen molar-refractivity contribution in [3.8, 4) is 0 Å². The second-order valence-electron chi connectivity index (χ2n) is 5.52. The molecular formula is C15H21N. The van der Waals surface area contributed by atoms with Crippen LogP contribution in [0, 0.1) is 0 Å². The molecule has 1 aliphatic rings. The van der Waals surface area contributed by atoms with Crippen LogP contribution in [-0.4, -0.2) is 0 Å². The molecule has 0 aliphatic carbocycles. The highest BCUT2D eigenvalue weighted by atomic mass is 14.8. The van der Waals surface area contributed by atoms with Crippen LogP contribution in [0.25, 0.3) is 0 Å². The summed E-state index contributed by atoms with van der Waals surface area (Å²) >= 11 is 0. The van der Waals surface area contributed by atoms with Gasteiger partial charge in [0.05, 0.1) is 0 Å². The number of benzene rings is 1. The summed E-state index contributed by atoms with van der Waals surface area (Å²) in [5.74, 6) is 0. The minimum absolute atomic E-state index is 0.225. The van der Waals surface area contributed by atoms with Gasteiger partial charge in [-0.15, -0.1) is 0 Å². The van der Waals surface area contributed by atoms with Gasteiger partial charge in [-0.3, -0.25) is 0 Å². The highest BCUT2D eigenvalue weighted by Gasteiger charge is 2.19. The predicted molar refractivity (Wildman–Crippen MR) is 71.0 cm³/mol. The van der Waals surface area contributed by atoms with E-state index in [2.05, 4.69) is 51.2 Å². The van der Waals surface area contributed by atoms with Gasteiger partial charge in [-0.1, -0.05) is 39.8 Å². The lowest BCUT2D eigenvalue weighted by Crippen LogP contribution is -2.16. The molecule has 86 valence electrons. The molecular weight excluding hydrogens is 194 g/mol. The van der Waals surface area contributed by atoms with Crippen LogP contribution in [-0.2, 0) is 18.3 Å². The van der Waals surface area contributed by atoms with Crippen LogP contribution >= 0.6 is 0 Å². The Labute approximate surface area is 98.6 Å². The van der Waals surface area contributed by atoms with Crippen molar-refractivity contribution in [1.82, 2.24) is 0 Å². The topological polar surface area (TPSA) is 12.0 Å². The van der Waals surface area contributed by atoms with Gasteiger partial charge >= 0.3 is 0 Å². The van der Waals surface area contributed by atoms with E-state index in [1.54, 1.807) is 0 Å². The van der Waals surface area contributed by atoms with Crippen molar-refractivity contribution in [1.29, 1.82) is 0 Å². The van der Waals surface area contributed by atoms with Crippen LogP contribution in [0.3, 0.4) is 0 Å². The summed E-state index contributed by atoms with van der Waals surface area (Å²) in [5.41, 5.74) is 5.89. The zero-order chi connectivity index (χ0) is 11.8. The summed E-state index contributed by atoms with van der Waals surface area (Å²) < 4.78 is 0. The highest BCUT2D eigenvalue weighted by Crippen LogP contribution is 2.32. The molecule has 0 bridgehead atoms. The molecule has 0 amide bonds. The summed E-state index contributed by atoms with van der Waals surface area (Å²) in [6, 6.07) is 4.70. The summed E-state index contributed by atoms with van der Waals surface area (Å²) in [5, 5.41) is 3.35. The number of anilines is 1. The summed E-state index contributed by atoms with van der Waals surface area (Å²) in [7, 11) is 0. The van der Waals surface area contributed by atoms with E-state index in [1.807, 2.05) is 6.20 Å². The van der Waals surface area contributed by atoms with Crippen molar-refractivity contribution in [2.24, 2.45) is 0 Å². The number of hydrogen-bond donors (Lipinski definition) is 1. The van der Waals surface area contributed by atoms with Crippen molar-refractivity contribution in [3.05, 3.63) is 41.1 Å². The zero-order valence-electron chi connectivity index (χ0n) is 10.7. The molecule has 1 aliphatic heterocycles. The molecule has 1 N–H and O–H groups in total. The van der Waals surface area contributed by atoms with Crippen molar-refractivity contribution < 1.29 is 0 Å². The lowest BCUT2D eigenvalue weighted by Gasteiger charge is -2.26. The molecule has 1 aromatic carbocycles. The molecule has 2 rings (SSSR count). The summed E-state index contributed by atoms with van der Waals surface area (Å²) in [4.78, 5) is 0. The molecule has 0 fully saturated rings. The summed E-state index contributed by atoms with van der Waals surface area (Å²) in [6.07, 6.45) is 6.39. The van der Waals surface area contributed by atoms with Gasteiger partial charge in [0.1, 0.15) is 0 Å². The van der Waals surface area contributed by atoms with Crippen LogP contribution in [0.1, 0.15) is 44.4 Å². The number of fused-ring (bicyclic) bond motifs is 1. The van der Waals surface area contributed by atoms with Crippen LogP contribution < -0.4 is 5.32 Å². The maximum absolute atomic E-state index is 3.35. The highest BCUT2D eigenvalue weighted by molar-refractivity contribution is 5.60. The number of rotatable bonds is 1. The first-order valence-corrected chi connectivity index (χ1v) is 6.10. The van der Waals surface area contributed by atoms with E-state index in [9.17, 15) is 0 Å². The minimum Gasteiger partial charge on any atom is -0.362 e. The van der Waals surface area contributed by atoms with E-state index in [0.717, 1.165) is 12.8 Å². The lowest BCUT2D eigenvalue weighted by atomic mass is 9.81. The van der Waals surface area contributed by atoms with E-state index in [1.165, 1.54) is 22.4 Å². The molecule has 1 aromatic rings. The first-order valence-electron chi connectivity index (χ1n) is 6.10. The zero-order valence-corrected chi connectivity index (χ0v) is 10.7. The van der Waals surface area contributed by atoms with Crippen molar-refractivity contribution in [3.63, 3.8) is 0 Å². The van der Waals surface area contributed by atoms with E-state index in [0.29, 0.717) is 0 Å². The molecule has 0 unspecified atom stereocenters. The standard InChI is InChI=1S/C15H21N/c1-5-11-9-12-7-6-8-16-14(12)10-13(11)15(2,3)4/h6,8-10,16H,5,7H2,1-4H3. The quantitative estimate of drug-likeness (QED) is 0.746. The molecule has 0 saturated heterocycles. The minimum atomic E-state index is 0.225. The number of allylic oxidation sites excluding steroid dienone is 1. The fraction of sp³-hybridized carbons (Fsp3) is 0.467. The van der Waals surface area contributed by atoms with E-state index >= 15 is 0 Å². The maximum Gasteiger partial charge on any atom is 0.0418 e. The monoisotopic (exact) mass is 215 g/mol. The first kappa shape index (κ1) is 11.3. The van der Waals surface area contributed by atoms with E-state index < -0.39 is 0 Å². The molecule has 0 saturated carbocycles. The van der Waals surface area contributed by atoms with Gasteiger partial charge in [0, 0.05) is 5.69 Å². The molecule has 16 heavy (non-hydrogen) atoms. The van der Waals surface area contributed by atoms with E-state index in [-0.39, 0.29) is 5.41 Å². The van der Waals surface area contributed by atoms with Gasteiger partial charge in [-0.25, -0.2) is 0 Å². The largest absolute Gasteiger partial charge is 0.362 e. The van der Waals surface area contributed by atoms with Gasteiger partial charge in [0.2, 0.25) is 0 Å². The number of hydrogen-bond acceptors (Lipinski definition) is 1. The second kappa shape index (κ2) is 3.97. The number of aryl methyl sites for hydroxylation is 1. The molecule has 0 radical (unpaired) electrons. The van der Waals surface area contributed by atoms with Crippen LogP contribution in [0.4, 0.5) is 5.69 Å². The van der Waals surface area contributed by atoms with Gasteiger partial charge in [0.15, 0.2) is 0 Å². The predicted octanol–water partition coefficient (Wildman–Crippen LogP) is 4.03. The lowest BCUT2D eigenvalue weighted by molar-refractivity contribution is 0.583. The molecule has 1 nitrogen and oxygen atoms in total. The Bertz CT molecular complexity index is 422. The van der Waals surface area contributed by atoms with E-state index in [4.69, 9.17) is 0 Å². The molecule has 0 spiro atoms. The fourth-order valence-electron chi connectivity index (χ4n) is 2.32. The van der Waals surface area contributed by atoms with Gasteiger partial charge < -0.3 is 5.32 Å². The average Bonchev–Trinajstić information content (AvgIpc) is 2.26. The molecule has 1 heteroatoms. The maximum atomic E-state index is 3.35. The second-order valence-corrected chi connectivity index (χ2v) is 5.52. The molecule has 0 atom stereocenters. The van der Waals surface area contributed by atoms with Gasteiger partial charge in [-0.05, 0) is 47.2 Å². The number of nitrogens with one attached hydrogen (secondary N) is 1. The van der Waals surface area contributed by atoms with Gasteiger partial charge in [0.25, 0.3) is 0 Å². The SMILES string of the molecule is CCc1cc2c(cc1C(C)(C)C)NC=CC2. The van der Waals surface area contributed by atoms with Crippen molar-refractivity contribution in [2.45, 2.75) is 46.0 Å². The van der Waals surface area contributed by atoms with Crippen molar-refractivity contribution in [2.75, 3.05) is 5.32 Å². The third-order valence-corrected chi connectivity index (χ3v) is 3.21. The summed E-state index contributed by atoms with van der Waals surface area (Å²) in [6.45, 7) is 9.09. The average molecular weight is 215 g/mol. The van der Waals surface area contributed by atoms with Gasteiger partial charge in [-0.2, -0.15) is 0 Å². The Morgan fingerprint density at radius 1 is 1.25 bits per heavy atom. The third-order valence-electron chi connectivity index (χ3n) is 3.21. The Kier molecular flexibility index (Phi) is 2.79. The van der Waals surface area contributed by atoms with Crippen LogP contribution in [0.5, 0.6) is 0 Å². The molecule has 1 heterocycles. The fourth-order valence-corrected chi connectivity index (χ4v) is 2.32. The third kappa shape index (κ3) is 1.99. The van der Waals surface area contributed by atoms with Crippen LogP contribution in [0.2, 0.25) is 0 Å². The Morgan fingerprint density at radius 3 is 2.62 bits per heavy atom. The first-order chi connectivity index (χ1) is 7.52.